The number of amidine groups is 1. The Morgan fingerprint density at radius 3 is 2.46 bits per heavy atom. The maximum atomic E-state index is 13.0. The molecule has 0 radical (unpaired) electrons. The van der Waals surface area contributed by atoms with E-state index in [0.717, 1.165) is 11.1 Å². The summed E-state index contributed by atoms with van der Waals surface area (Å²) in [6.07, 6.45) is 0. The predicted octanol–water partition coefficient (Wildman–Crippen LogP) is 3.36. The minimum absolute atomic E-state index is 0.161. The van der Waals surface area contributed by atoms with Crippen LogP contribution in [0.4, 0.5) is 0 Å². The van der Waals surface area contributed by atoms with Gasteiger partial charge in [-0.15, -0.1) is 0 Å². The summed E-state index contributed by atoms with van der Waals surface area (Å²) >= 11 is 0. The number of amides is 1. The van der Waals surface area contributed by atoms with Gasteiger partial charge in [-0.25, -0.2) is 8.42 Å². The Morgan fingerprint density at radius 1 is 1.00 bits per heavy atom. The van der Waals surface area contributed by atoms with Crippen LogP contribution in [0.25, 0.3) is 0 Å². The second-order valence-corrected chi connectivity index (χ2v) is 9.86. The van der Waals surface area contributed by atoms with Gasteiger partial charge in [0.2, 0.25) is 5.91 Å². The highest BCUT2D eigenvalue weighted by molar-refractivity contribution is 7.90. The third-order valence-electron chi connectivity index (χ3n) is 5.60. The lowest BCUT2D eigenvalue weighted by Crippen LogP contribution is -2.35. The van der Waals surface area contributed by atoms with E-state index >= 15 is 0 Å². The molecule has 0 unspecified atom stereocenters. The number of carbonyl (C=O) groups is 1. The van der Waals surface area contributed by atoms with Crippen LogP contribution in [0.3, 0.4) is 0 Å². The summed E-state index contributed by atoms with van der Waals surface area (Å²) in [5, 5.41) is 0. The van der Waals surface area contributed by atoms with E-state index in [0.29, 0.717) is 30.2 Å². The molecule has 0 fully saturated rings. The third kappa shape index (κ3) is 5.46. The first kappa shape index (κ1) is 24.3. The molecule has 0 aliphatic carbocycles. The molecule has 3 aromatic carbocycles. The van der Waals surface area contributed by atoms with Crippen molar-refractivity contribution in [1.82, 2.24) is 9.62 Å². The first-order valence-electron chi connectivity index (χ1n) is 11.1. The van der Waals surface area contributed by atoms with E-state index in [2.05, 4.69) is 9.71 Å². The number of fused-ring (bicyclic) bond motifs is 1. The molecule has 9 heteroatoms. The Morgan fingerprint density at radius 2 is 1.71 bits per heavy atom. The van der Waals surface area contributed by atoms with Crippen molar-refractivity contribution >= 4 is 21.8 Å². The van der Waals surface area contributed by atoms with Crippen molar-refractivity contribution in [3.8, 4) is 11.5 Å². The Bertz CT molecular complexity index is 1360. The summed E-state index contributed by atoms with van der Waals surface area (Å²) in [6, 6.07) is 21.2. The lowest BCUT2D eigenvalue weighted by Gasteiger charge is -2.21. The molecule has 0 spiro atoms. The number of rotatable bonds is 8. The van der Waals surface area contributed by atoms with Crippen LogP contribution < -0.4 is 14.2 Å². The Labute approximate surface area is 205 Å². The summed E-state index contributed by atoms with van der Waals surface area (Å²) in [6.45, 7) is 2.38. The van der Waals surface area contributed by atoms with E-state index in [9.17, 15) is 13.2 Å². The fourth-order valence-electron chi connectivity index (χ4n) is 3.81. The molecule has 1 N–H and O–H groups in total. The first-order chi connectivity index (χ1) is 16.8. The number of sulfonamides is 1. The maximum Gasteiger partial charge on any atom is 0.263 e. The van der Waals surface area contributed by atoms with Crippen molar-refractivity contribution < 1.29 is 22.7 Å². The van der Waals surface area contributed by atoms with Crippen LogP contribution in [0.5, 0.6) is 11.5 Å². The molecule has 3 aromatic rings. The molecular formula is C26H27N3O5S. The largest absolute Gasteiger partial charge is 0.493 e. The Hall–Kier alpha value is -3.85. The zero-order valence-corrected chi connectivity index (χ0v) is 20.6. The standard InChI is InChI=1S/C26H27N3O5S/c1-18(27-25-21-11-7-8-12-24(21)35(31,32)28-25)26(30)29(2)16-20-13-14-22(23(15-20)33-3)34-17-19-9-5-4-6-10-19/h4-15,18H,16-17H2,1-3H3,(H,27,28)/t18-/m1/s1. The lowest BCUT2D eigenvalue weighted by molar-refractivity contribution is -0.131. The molecule has 1 aliphatic heterocycles. The minimum atomic E-state index is -3.66. The third-order valence-corrected chi connectivity index (χ3v) is 7.00. The Balaban J connectivity index is 1.43. The van der Waals surface area contributed by atoms with Crippen LogP contribution in [0.1, 0.15) is 23.6 Å². The number of aliphatic imine (C=N–C) groups is 1. The zero-order valence-electron chi connectivity index (χ0n) is 19.8. The molecule has 35 heavy (non-hydrogen) atoms. The zero-order chi connectivity index (χ0) is 25.0. The second kappa shape index (κ2) is 10.2. The number of benzene rings is 3. The quantitative estimate of drug-likeness (QED) is 0.519. The number of hydrogen-bond donors (Lipinski definition) is 1. The van der Waals surface area contributed by atoms with Gasteiger partial charge >= 0.3 is 0 Å². The SMILES string of the molecule is COc1cc(CN(C)C(=O)[C@@H](C)N=C2NS(=O)(=O)c3ccccc32)ccc1OCc1ccccc1. The summed E-state index contributed by atoms with van der Waals surface area (Å²) in [5.41, 5.74) is 2.37. The molecule has 1 atom stereocenters. The van der Waals surface area contributed by atoms with Crippen LogP contribution >= 0.6 is 0 Å². The molecule has 1 heterocycles. The Kier molecular flexibility index (Phi) is 7.07. The van der Waals surface area contributed by atoms with Crippen molar-refractivity contribution in [2.75, 3.05) is 14.2 Å². The number of carbonyl (C=O) groups excluding carboxylic acids is 1. The van der Waals surface area contributed by atoms with Gasteiger partial charge in [-0.1, -0.05) is 48.5 Å². The number of nitrogens with zero attached hydrogens (tertiary/aromatic N) is 2. The van der Waals surface area contributed by atoms with Gasteiger partial charge < -0.3 is 14.4 Å². The van der Waals surface area contributed by atoms with Gasteiger partial charge in [-0.05, 0) is 42.3 Å². The van der Waals surface area contributed by atoms with Gasteiger partial charge in [0.1, 0.15) is 18.5 Å². The van der Waals surface area contributed by atoms with E-state index in [-0.39, 0.29) is 16.6 Å². The highest BCUT2D eigenvalue weighted by Crippen LogP contribution is 2.29. The van der Waals surface area contributed by atoms with Gasteiger partial charge in [0, 0.05) is 19.2 Å². The van der Waals surface area contributed by atoms with Crippen molar-refractivity contribution in [2.45, 2.75) is 31.0 Å². The van der Waals surface area contributed by atoms with Gasteiger partial charge in [0.25, 0.3) is 10.0 Å². The predicted molar refractivity (Wildman–Crippen MR) is 133 cm³/mol. The average Bonchev–Trinajstić information content (AvgIpc) is 3.12. The molecule has 0 bridgehead atoms. The number of ether oxygens (including phenoxy) is 2. The van der Waals surface area contributed by atoms with Gasteiger partial charge in [-0.3, -0.25) is 14.5 Å². The maximum absolute atomic E-state index is 13.0. The highest BCUT2D eigenvalue weighted by atomic mass is 32.2. The van der Waals surface area contributed by atoms with Crippen LogP contribution in [0, 0.1) is 0 Å². The molecule has 0 saturated carbocycles. The number of likely N-dealkylation sites (N-methyl/N-ethyl adjacent to an activating group) is 1. The van der Waals surface area contributed by atoms with E-state index in [4.69, 9.17) is 9.47 Å². The van der Waals surface area contributed by atoms with Crippen LogP contribution in [-0.2, 0) is 28.0 Å². The molecule has 1 aliphatic rings. The molecule has 1 amide bonds. The smallest absolute Gasteiger partial charge is 0.263 e. The normalized spacial score (nSPS) is 15.7. The van der Waals surface area contributed by atoms with Crippen molar-refractivity contribution in [3.05, 3.63) is 89.5 Å². The first-order valence-corrected chi connectivity index (χ1v) is 12.6. The van der Waals surface area contributed by atoms with E-state index in [1.807, 2.05) is 48.5 Å². The second-order valence-electron chi connectivity index (χ2n) is 8.21. The van der Waals surface area contributed by atoms with E-state index in [1.165, 1.54) is 6.07 Å². The summed E-state index contributed by atoms with van der Waals surface area (Å²) in [4.78, 5) is 19.0. The van der Waals surface area contributed by atoms with Gasteiger partial charge in [0.15, 0.2) is 11.5 Å². The van der Waals surface area contributed by atoms with Gasteiger partial charge in [-0.2, -0.15) is 0 Å². The molecule has 0 aromatic heterocycles. The number of hydrogen-bond acceptors (Lipinski definition) is 6. The minimum Gasteiger partial charge on any atom is -0.493 e. The molecule has 4 rings (SSSR count). The van der Waals surface area contributed by atoms with E-state index < -0.39 is 16.1 Å². The van der Waals surface area contributed by atoms with E-state index in [1.54, 1.807) is 44.2 Å². The molecule has 182 valence electrons. The molecule has 8 nitrogen and oxygen atoms in total. The topological polar surface area (TPSA) is 97.3 Å². The van der Waals surface area contributed by atoms with Crippen molar-refractivity contribution in [1.29, 1.82) is 0 Å². The summed E-state index contributed by atoms with van der Waals surface area (Å²) < 4.78 is 38.4. The monoisotopic (exact) mass is 493 g/mol. The lowest BCUT2D eigenvalue weighted by atomic mass is 10.1. The number of nitrogens with one attached hydrogen (secondary N) is 1. The van der Waals surface area contributed by atoms with Crippen molar-refractivity contribution in [3.63, 3.8) is 0 Å². The van der Waals surface area contributed by atoms with Crippen LogP contribution in [-0.4, -0.2) is 45.3 Å². The fraction of sp³-hybridized carbons (Fsp3) is 0.231. The van der Waals surface area contributed by atoms with Crippen LogP contribution in [0.2, 0.25) is 0 Å². The summed E-state index contributed by atoms with van der Waals surface area (Å²) in [5.74, 6) is 1.12. The summed E-state index contributed by atoms with van der Waals surface area (Å²) in [7, 11) is -0.411. The number of methoxy groups -OCH3 is 1. The van der Waals surface area contributed by atoms with Gasteiger partial charge in [0.05, 0.1) is 12.0 Å². The molecule has 0 saturated heterocycles. The highest BCUT2D eigenvalue weighted by Gasteiger charge is 2.31. The van der Waals surface area contributed by atoms with Crippen LogP contribution in [0.15, 0.2) is 82.7 Å². The van der Waals surface area contributed by atoms with Crippen molar-refractivity contribution in [2.24, 2.45) is 4.99 Å². The molecular weight excluding hydrogens is 466 g/mol. The average molecular weight is 494 g/mol. The fourth-order valence-corrected chi connectivity index (χ4v) is 5.05.